The molecule has 2 unspecified atom stereocenters. The van der Waals surface area contributed by atoms with Gasteiger partial charge in [-0.3, -0.25) is 9.59 Å². The van der Waals surface area contributed by atoms with Crippen molar-refractivity contribution in [2.24, 2.45) is 5.92 Å². The molecule has 8 heteroatoms. The van der Waals surface area contributed by atoms with E-state index in [1.165, 1.54) is 0 Å². The van der Waals surface area contributed by atoms with Crippen LogP contribution in [0.1, 0.15) is 31.1 Å². The molecule has 1 aliphatic rings. The summed E-state index contributed by atoms with van der Waals surface area (Å²) in [6, 6.07) is 6.78. The Labute approximate surface area is 145 Å². The highest BCUT2D eigenvalue weighted by Crippen LogP contribution is 2.27. The molecule has 2 amide bonds. The first kappa shape index (κ1) is 16.9. The average Bonchev–Trinajstić information content (AvgIpc) is 3.21. The molecule has 25 heavy (non-hydrogen) atoms. The van der Waals surface area contributed by atoms with Gasteiger partial charge in [-0.2, -0.15) is 4.98 Å². The number of aromatic nitrogens is 2. The van der Waals surface area contributed by atoms with E-state index in [1.54, 1.807) is 50.1 Å². The highest BCUT2D eigenvalue weighted by molar-refractivity contribution is 6.00. The van der Waals surface area contributed by atoms with Gasteiger partial charge in [0.2, 0.25) is 17.7 Å². The standard InChI is InChI=1S/C17H20N4O4/c1-10(17-19-11(2)20-25-17)18-16(23)12-8-15(22)21(9-12)13-4-6-14(24-3)7-5-13/h4-7,10,12H,8-9H2,1-3H3,(H,18,23). The zero-order chi connectivity index (χ0) is 18.0. The van der Waals surface area contributed by atoms with E-state index in [0.29, 0.717) is 24.0 Å². The van der Waals surface area contributed by atoms with Gasteiger partial charge in [0.05, 0.1) is 13.0 Å². The van der Waals surface area contributed by atoms with Crippen LogP contribution < -0.4 is 15.0 Å². The van der Waals surface area contributed by atoms with Crippen LogP contribution in [0.2, 0.25) is 0 Å². The monoisotopic (exact) mass is 344 g/mol. The van der Waals surface area contributed by atoms with Gasteiger partial charge in [0.1, 0.15) is 11.8 Å². The highest BCUT2D eigenvalue weighted by Gasteiger charge is 2.36. The van der Waals surface area contributed by atoms with Crippen LogP contribution in [0.4, 0.5) is 5.69 Å². The topological polar surface area (TPSA) is 97.6 Å². The first-order chi connectivity index (χ1) is 12.0. The third kappa shape index (κ3) is 3.62. The van der Waals surface area contributed by atoms with Crippen LogP contribution in [0.5, 0.6) is 5.75 Å². The number of amides is 2. The number of carbonyl (C=O) groups is 2. The molecule has 0 saturated carbocycles. The Kier molecular flexibility index (Phi) is 4.69. The predicted molar refractivity (Wildman–Crippen MR) is 89.0 cm³/mol. The first-order valence-corrected chi connectivity index (χ1v) is 8.03. The molecule has 2 aromatic rings. The van der Waals surface area contributed by atoms with Gasteiger partial charge in [-0.1, -0.05) is 5.16 Å². The summed E-state index contributed by atoms with van der Waals surface area (Å²) in [7, 11) is 1.59. The molecule has 2 atom stereocenters. The maximum Gasteiger partial charge on any atom is 0.248 e. The van der Waals surface area contributed by atoms with Crippen molar-refractivity contribution in [3.8, 4) is 5.75 Å². The molecule has 0 bridgehead atoms. The fourth-order valence-corrected chi connectivity index (χ4v) is 2.78. The van der Waals surface area contributed by atoms with E-state index in [0.717, 1.165) is 5.69 Å². The minimum atomic E-state index is -0.416. The second-order valence-corrected chi connectivity index (χ2v) is 6.01. The number of ether oxygens (including phenoxy) is 1. The molecule has 1 aromatic heterocycles. The largest absolute Gasteiger partial charge is 0.497 e. The van der Waals surface area contributed by atoms with Crippen LogP contribution in [0.3, 0.4) is 0 Å². The fourth-order valence-electron chi connectivity index (χ4n) is 2.78. The summed E-state index contributed by atoms with van der Waals surface area (Å²) in [6.07, 6.45) is 0.174. The van der Waals surface area contributed by atoms with Crippen molar-refractivity contribution in [1.29, 1.82) is 0 Å². The Hall–Kier alpha value is -2.90. The lowest BCUT2D eigenvalue weighted by molar-refractivity contribution is -0.127. The molecule has 8 nitrogen and oxygen atoms in total. The molecule has 132 valence electrons. The van der Waals surface area contributed by atoms with Crippen LogP contribution in [-0.4, -0.2) is 35.6 Å². The third-order valence-corrected chi connectivity index (χ3v) is 4.15. The summed E-state index contributed by atoms with van der Waals surface area (Å²) >= 11 is 0. The zero-order valence-electron chi connectivity index (χ0n) is 14.4. The lowest BCUT2D eigenvalue weighted by Crippen LogP contribution is -2.34. The van der Waals surface area contributed by atoms with Gasteiger partial charge < -0.3 is 19.5 Å². The number of aryl methyl sites for hydroxylation is 1. The van der Waals surface area contributed by atoms with Crippen molar-refractivity contribution in [3.63, 3.8) is 0 Å². The second-order valence-electron chi connectivity index (χ2n) is 6.01. The SMILES string of the molecule is COc1ccc(N2CC(C(=O)NC(C)c3nc(C)no3)CC2=O)cc1. The summed E-state index contributed by atoms with van der Waals surface area (Å²) in [6.45, 7) is 3.82. The molecule has 3 rings (SSSR count). The van der Waals surface area contributed by atoms with E-state index in [4.69, 9.17) is 9.26 Å². The van der Waals surface area contributed by atoms with E-state index >= 15 is 0 Å². The van der Waals surface area contributed by atoms with Gasteiger partial charge in [-0.25, -0.2) is 0 Å². The molecular weight excluding hydrogens is 324 g/mol. The molecular formula is C17H20N4O4. The van der Waals surface area contributed by atoms with Crippen LogP contribution >= 0.6 is 0 Å². The molecule has 1 aromatic carbocycles. The third-order valence-electron chi connectivity index (χ3n) is 4.15. The Bertz CT molecular complexity index is 771. The van der Waals surface area contributed by atoms with Crippen LogP contribution in [-0.2, 0) is 9.59 Å². The lowest BCUT2D eigenvalue weighted by Gasteiger charge is -2.17. The van der Waals surface area contributed by atoms with E-state index in [2.05, 4.69) is 15.5 Å². The summed E-state index contributed by atoms with van der Waals surface area (Å²) in [5.41, 5.74) is 0.752. The molecule has 1 N–H and O–H groups in total. The highest BCUT2D eigenvalue weighted by atomic mass is 16.5. The number of carbonyl (C=O) groups excluding carboxylic acids is 2. The molecule has 1 aliphatic heterocycles. The van der Waals surface area contributed by atoms with Crippen LogP contribution in [0, 0.1) is 12.8 Å². The van der Waals surface area contributed by atoms with Crippen LogP contribution in [0.25, 0.3) is 0 Å². The first-order valence-electron chi connectivity index (χ1n) is 8.03. The Morgan fingerprint density at radius 1 is 1.40 bits per heavy atom. The van der Waals surface area contributed by atoms with Gasteiger partial charge in [0, 0.05) is 18.7 Å². The molecule has 0 aliphatic carbocycles. The minimum absolute atomic E-state index is 0.0772. The van der Waals surface area contributed by atoms with Crippen molar-refractivity contribution >= 4 is 17.5 Å². The Balaban J connectivity index is 1.63. The lowest BCUT2D eigenvalue weighted by atomic mass is 10.1. The van der Waals surface area contributed by atoms with E-state index in [1.807, 2.05) is 0 Å². The zero-order valence-corrected chi connectivity index (χ0v) is 14.4. The number of hydrogen-bond acceptors (Lipinski definition) is 6. The second kappa shape index (κ2) is 6.92. The number of methoxy groups -OCH3 is 1. The summed E-state index contributed by atoms with van der Waals surface area (Å²) in [4.78, 5) is 30.5. The predicted octanol–water partition coefficient (Wildman–Crippen LogP) is 1.62. The number of nitrogens with zero attached hydrogens (tertiary/aromatic N) is 3. The van der Waals surface area contributed by atoms with Crippen LogP contribution in [0.15, 0.2) is 28.8 Å². The number of rotatable bonds is 5. The van der Waals surface area contributed by atoms with Crippen molar-refractivity contribution in [3.05, 3.63) is 36.0 Å². The van der Waals surface area contributed by atoms with Crippen molar-refractivity contribution in [2.75, 3.05) is 18.6 Å². The quantitative estimate of drug-likeness (QED) is 0.885. The maximum absolute atomic E-state index is 12.5. The smallest absolute Gasteiger partial charge is 0.248 e. The van der Waals surface area contributed by atoms with Gasteiger partial charge in [0.15, 0.2) is 5.82 Å². The Morgan fingerprint density at radius 2 is 2.12 bits per heavy atom. The van der Waals surface area contributed by atoms with Gasteiger partial charge >= 0.3 is 0 Å². The van der Waals surface area contributed by atoms with E-state index in [9.17, 15) is 9.59 Å². The molecule has 1 saturated heterocycles. The average molecular weight is 344 g/mol. The normalized spacial score (nSPS) is 18.3. The van der Waals surface area contributed by atoms with Crippen molar-refractivity contribution in [1.82, 2.24) is 15.5 Å². The van der Waals surface area contributed by atoms with E-state index < -0.39 is 12.0 Å². The minimum Gasteiger partial charge on any atom is -0.497 e. The van der Waals surface area contributed by atoms with Gasteiger partial charge in [-0.15, -0.1) is 0 Å². The summed E-state index contributed by atoms with van der Waals surface area (Å²) < 4.78 is 10.2. The number of anilines is 1. The van der Waals surface area contributed by atoms with Gasteiger partial charge in [-0.05, 0) is 38.1 Å². The van der Waals surface area contributed by atoms with Crippen molar-refractivity contribution in [2.45, 2.75) is 26.3 Å². The molecule has 0 radical (unpaired) electrons. The molecule has 1 fully saturated rings. The number of hydrogen-bond donors (Lipinski definition) is 1. The maximum atomic E-state index is 12.5. The fraction of sp³-hybridized carbons (Fsp3) is 0.412. The van der Waals surface area contributed by atoms with E-state index in [-0.39, 0.29) is 18.2 Å². The summed E-state index contributed by atoms with van der Waals surface area (Å²) in [5, 5.41) is 6.54. The Morgan fingerprint density at radius 3 is 2.72 bits per heavy atom. The molecule has 2 heterocycles. The number of benzene rings is 1. The van der Waals surface area contributed by atoms with Crippen molar-refractivity contribution < 1.29 is 18.8 Å². The number of nitrogens with one attached hydrogen (secondary N) is 1. The molecule has 0 spiro atoms. The summed E-state index contributed by atoms with van der Waals surface area (Å²) in [5.74, 6) is 0.883. The van der Waals surface area contributed by atoms with Gasteiger partial charge in [0.25, 0.3) is 0 Å².